The van der Waals surface area contributed by atoms with Crippen LogP contribution in [0.1, 0.15) is 11.1 Å². The monoisotopic (exact) mass is 415 g/mol. The molecule has 1 aliphatic heterocycles. The van der Waals surface area contributed by atoms with E-state index in [0.29, 0.717) is 0 Å². The molecule has 6 nitrogen and oxygen atoms in total. The Kier molecular flexibility index (Phi) is 4.78. The Labute approximate surface area is 177 Å². The Bertz CT molecular complexity index is 1120. The Morgan fingerprint density at radius 3 is 2.17 bits per heavy atom. The van der Waals surface area contributed by atoms with Crippen LogP contribution in [0.4, 0.5) is 0 Å². The fourth-order valence-electron chi connectivity index (χ4n) is 3.77. The number of likely N-dealkylation sites (N-methyl/N-ethyl adjacent to an activating group) is 1. The first kappa shape index (κ1) is 20.0. The standard InChI is InChI=1S/C23H25N5OSi/c1-28-21(29)23(27-22(28)24,18-8-10-20(11-9-18)30(2,3)4)19-7-5-6-16(12-19)17-13-25-15-26-14-17/h5-15H,1-4H3,(H2,24,27). The second-order valence-corrected chi connectivity index (χ2v) is 13.7. The zero-order valence-electron chi connectivity index (χ0n) is 17.6. The molecule has 0 aliphatic carbocycles. The number of carbonyl (C=O) groups excluding carboxylic acids is 1. The molecule has 0 saturated heterocycles. The lowest BCUT2D eigenvalue weighted by molar-refractivity contribution is -0.129. The van der Waals surface area contributed by atoms with Crippen molar-refractivity contribution in [1.82, 2.24) is 14.9 Å². The number of carbonyl (C=O) groups is 1. The summed E-state index contributed by atoms with van der Waals surface area (Å²) in [6, 6.07) is 16.1. The van der Waals surface area contributed by atoms with Crippen molar-refractivity contribution in [3.8, 4) is 11.1 Å². The van der Waals surface area contributed by atoms with Crippen molar-refractivity contribution in [2.45, 2.75) is 25.2 Å². The summed E-state index contributed by atoms with van der Waals surface area (Å²) in [7, 11) is 0.195. The molecule has 152 valence electrons. The summed E-state index contributed by atoms with van der Waals surface area (Å²) >= 11 is 0. The fraction of sp³-hybridized carbons (Fsp3) is 0.217. The molecule has 4 rings (SSSR count). The first-order chi connectivity index (χ1) is 14.2. The number of aromatic nitrogens is 2. The minimum Gasteiger partial charge on any atom is -0.369 e. The average Bonchev–Trinajstić information content (AvgIpc) is 2.99. The summed E-state index contributed by atoms with van der Waals surface area (Å²) in [4.78, 5) is 27.8. The molecule has 30 heavy (non-hydrogen) atoms. The minimum atomic E-state index is -1.47. The van der Waals surface area contributed by atoms with Gasteiger partial charge in [-0.05, 0) is 22.8 Å². The van der Waals surface area contributed by atoms with Gasteiger partial charge in [0.15, 0.2) is 11.5 Å². The molecule has 0 saturated carbocycles. The Hall–Kier alpha value is -3.32. The zero-order chi connectivity index (χ0) is 21.5. The normalized spacial score (nSPS) is 19.1. The van der Waals surface area contributed by atoms with Gasteiger partial charge < -0.3 is 5.73 Å². The highest BCUT2D eigenvalue weighted by Crippen LogP contribution is 2.40. The van der Waals surface area contributed by atoms with Crippen molar-refractivity contribution in [3.05, 3.63) is 78.4 Å². The van der Waals surface area contributed by atoms with Gasteiger partial charge in [-0.25, -0.2) is 15.0 Å². The molecular formula is C23H25N5OSi. The van der Waals surface area contributed by atoms with Crippen molar-refractivity contribution < 1.29 is 4.79 Å². The molecule has 1 aromatic heterocycles. The lowest BCUT2D eigenvalue weighted by atomic mass is 9.82. The summed E-state index contributed by atoms with van der Waals surface area (Å²) < 4.78 is 0. The summed E-state index contributed by atoms with van der Waals surface area (Å²) in [6.45, 7) is 6.90. The number of aliphatic imine (C=N–C) groups is 1. The number of amides is 1. The molecule has 2 aromatic carbocycles. The van der Waals surface area contributed by atoms with E-state index < -0.39 is 13.6 Å². The highest BCUT2D eigenvalue weighted by Gasteiger charge is 2.49. The second kappa shape index (κ2) is 7.18. The molecule has 0 spiro atoms. The summed E-state index contributed by atoms with van der Waals surface area (Å²) in [5.74, 6) is 0.0462. The van der Waals surface area contributed by atoms with Crippen molar-refractivity contribution in [2.75, 3.05) is 7.05 Å². The van der Waals surface area contributed by atoms with E-state index in [2.05, 4.69) is 41.7 Å². The van der Waals surface area contributed by atoms with E-state index in [1.54, 1.807) is 19.4 Å². The average molecular weight is 416 g/mol. The summed E-state index contributed by atoms with van der Waals surface area (Å²) in [6.07, 6.45) is 5.00. The van der Waals surface area contributed by atoms with Gasteiger partial charge in [0.1, 0.15) is 6.33 Å². The maximum atomic E-state index is 13.5. The van der Waals surface area contributed by atoms with Gasteiger partial charge in [-0.1, -0.05) is 67.3 Å². The summed E-state index contributed by atoms with van der Waals surface area (Å²) in [5, 5.41) is 1.33. The van der Waals surface area contributed by atoms with Crippen LogP contribution >= 0.6 is 0 Å². The number of nitrogens with two attached hydrogens (primary N) is 1. The third kappa shape index (κ3) is 3.21. The van der Waals surface area contributed by atoms with E-state index >= 15 is 0 Å². The van der Waals surface area contributed by atoms with Crippen LogP contribution in [-0.2, 0) is 10.3 Å². The quantitative estimate of drug-likeness (QED) is 0.664. The van der Waals surface area contributed by atoms with Gasteiger partial charge in [-0.15, -0.1) is 0 Å². The minimum absolute atomic E-state index is 0.165. The van der Waals surface area contributed by atoms with Gasteiger partial charge in [0.05, 0.1) is 8.07 Å². The van der Waals surface area contributed by atoms with E-state index in [0.717, 1.165) is 22.3 Å². The SMILES string of the molecule is CN1C(=O)C(c2ccc([Si](C)(C)C)cc2)(c2cccc(-c3cncnc3)c2)N=C1N. The molecule has 1 aliphatic rings. The molecule has 1 unspecified atom stereocenters. The maximum absolute atomic E-state index is 13.5. The summed E-state index contributed by atoms with van der Waals surface area (Å²) in [5.41, 5.74) is 8.27. The first-order valence-electron chi connectivity index (χ1n) is 9.84. The van der Waals surface area contributed by atoms with Gasteiger partial charge in [0.2, 0.25) is 0 Å². The third-order valence-electron chi connectivity index (χ3n) is 5.58. The van der Waals surface area contributed by atoms with Crippen LogP contribution in [-0.4, -0.2) is 41.9 Å². The second-order valence-electron chi connectivity index (χ2n) is 8.58. The zero-order valence-corrected chi connectivity index (χ0v) is 18.6. The molecule has 1 atom stereocenters. The van der Waals surface area contributed by atoms with Crippen LogP contribution in [0.15, 0.2) is 72.2 Å². The first-order valence-corrected chi connectivity index (χ1v) is 13.3. The van der Waals surface area contributed by atoms with E-state index in [4.69, 9.17) is 10.7 Å². The van der Waals surface area contributed by atoms with E-state index in [9.17, 15) is 4.79 Å². The smallest absolute Gasteiger partial charge is 0.266 e. The number of guanidine groups is 1. The molecule has 3 aromatic rings. The third-order valence-corrected chi connectivity index (χ3v) is 7.65. The van der Waals surface area contributed by atoms with Crippen LogP contribution in [0.25, 0.3) is 11.1 Å². The Morgan fingerprint density at radius 1 is 0.933 bits per heavy atom. The van der Waals surface area contributed by atoms with Gasteiger partial charge in [0.25, 0.3) is 5.91 Å². The van der Waals surface area contributed by atoms with Gasteiger partial charge in [0, 0.05) is 25.0 Å². The number of hydrogen-bond acceptors (Lipinski definition) is 5. The van der Waals surface area contributed by atoms with Crippen molar-refractivity contribution in [1.29, 1.82) is 0 Å². The van der Waals surface area contributed by atoms with Gasteiger partial charge in [-0.2, -0.15) is 0 Å². The fourth-order valence-corrected chi connectivity index (χ4v) is 4.93. The highest BCUT2D eigenvalue weighted by molar-refractivity contribution is 6.88. The van der Waals surface area contributed by atoms with E-state index in [-0.39, 0.29) is 11.9 Å². The number of nitrogens with zero attached hydrogens (tertiary/aromatic N) is 4. The van der Waals surface area contributed by atoms with Crippen molar-refractivity contribution >= 4 is 25.1 Å². The van der Waals surface area contributed by atoms with Crippen LogP contribution in [0.2, 0.25) is 19.6 Å². The lowest BCUT2D eigenvalue weighted by Gasteiger charge is -2.27. The van der Waals surface area contributed by atoms with Crippen LogP contribution in [0, 0.1) is 0 Å². The lowest BCUT2D eigenvalue weighted by Crippen LogP contribution is -2.42. The molecule has 7 heteroatoms. The van der Waals surface area contributed by atoms with Crippen molar-refractivity contribution in [3.63, 3.8) is 0 Å². The van der Waals surface area contributed by atoms with E-state index in [1.165, 1.54) is 16.4 Å². The van der Waals surface area contributed by atoms with Gasteiger partial charge in [-0.3, -0.25) is 9.69 Å². The Balaban J connectivity index is 1.90. The van der Waals surface area contributed by atoms with Crippen LogP contribution in [0.3, 0.4) is 0 Å². The predicted octanol–water partition coefficient (Wildman–Crippen LogP) is 2.72. The van der Waals surface area contributed by atoms with Crippen molar-refractivity contribution in [2.24, 2.45) is 10.7 Å². The molecular weight excluding hydrogens is 390 g/mol. The largest absolute Gasteiger partial charge is 0.369 e. The molecule has 2 N–H and O–H groups in total. The number of hydrogen-bond donors (Lipinski definition) is 1. The molecule has 1 amide bonds. The molecule has 0 fully saturated rings. The maximum Gasteiger partial charge on any atom is 0.266 e. The molecule has 0 radical (unpaired) electrons. The predicted molar refractivity (Wildman–Crippen MR) is 122 cm³/mol. The van der Waals surface area contributed by atoms with Crippen LogP contribution < -0.4 is 10.9 Å². The number of benzene rings is 2. The van der Waals surface area contributed by atoms with E-state index in [1.807, 2.05) is 36.4 Å². The highest BCUT2D eigenvalue weighted by atomic mass is 28.3. The molecule has 2 heterocycles. The molecule has 0 bridgehead atoms. The number of rotatable bonds is 4. The van der Waals surface area contributed by atoms with Gasteiger partial charge >= 0.3 is 0 Å². The van der Waals surface area contributed by atoms with Crippen LogP contribution in [0.5, 0.6) is 0 Å². The Morgan fingerprint density at radius 2 is 1.60 bits per heavy atom. The topological polar surface area (TPSA) is 84.5 Å².